The molecule has 0 aliphatic carbocycles. The summed E-state index contributed by atoms with van der Waals surface area (Å²) in [5.41, 5.74) is 5.95. The van der Waals surface area contributed by atoms with Crippen LogP contribution in [0.2, 0.25) is 0 Å². The lowest BCUT2D eigenvalue weighted by atomic mass is 10.1. The number of nitrogens with two attached hydrogens (primary N) is 1. The molecule has 1 amide bonds. The van der Waals surface area contributed by atoms with Gasteiger partial charge in [0.25, 0.3) is 5.69 Å². The minimum Gasteiger partial charge on any atom is -0.324 e. The van der Waals surface area contributed by atoms with Gasteiger partial charge < -0.3 is 11.1 Å². The Balaban J connectivity index is 2.71. The highest BCUT2D eigenvalue weighted by Crippen LogP contribution is 2.17. The fourth-order valence-corrected chi connectivity index (χ4v) is 1.37. The molecule has 0 spiro atoms. The van der Waals surface area contributed by atoms with Crippen LogP contribution in [0.25, 0.3) is 0 Å². The molecule has 1 aromatic rings. The summed E-state index contributed by atoms with van der Waals surface area (Å²) in [7, 11) is 0. The van der Waals surface area contributed by atoms with Crippen LogP contribution < -0.4 is 11.1 Å². The number of rotatable bonds is 5. The summed E-state index contributed by atoms with van der Waals surface area (Å²) in [6.07, 6.45) is 1.39. The van der Waals surface area contributed by atoms with Gasteiger partial charge in [0.15, 0.2) is 0 Å². The lowest BCUT2D eigenvalue weighted by molar-refractivity contribution is -0.384. The van der Waals surface area contributed by atoms with Gasteiger partial charge in [-0.3, -0.25) is 14.9 Å². The Hall–Kier alpha value is -1.95. The molecule has 17 heavy (non-hydrogen) atoms. The Morgan fingerprint density at radius 3 is 2.88 bits per heavy atom. The molecule has 6 nitrogen and oxygen atoms in total. The SMILES string of the molecule is CCC[C@@H](N)C(=O)Nc1cccc([N+](=O)[O-])c1. The molecule has 3 N–H and O–H groups in total. The zero-order valence-corrected chi connectivity index (χ0v) is 9.55. The van der Waals surface area contributed by atoms with Crippen LogP contribution in [-0.2, 0) is 4.79 Å². The molecule has 0 unspecified atom stereocenters. The molecular weight excluding hydrogens is 222 g/mol. The predicted molar refractivity (Wildman–Crippen MR) is 64.6 cm³/mol. The smallest absolute Gasteiger partial charge is 0.271 e. The molecule has 0 aliphatic heterocycles. The first-order valence-electron chi connectivity index (χ1n) is 5.35. The topological polar surface area (TPSA) is 98.3 Å². The van der Waals surface area contributed by atoms with Gasteiger partial charge in [-0.05, 0) is 12.5 Å². The molecule has 1 aromatic carbocycles. The highest BCUT2D eigenvalue weighted by atomic mass is 16.6. The van der Waals surface area contributed by atoms with Crippen molar-refractivity contribution in [2.45, 2.75) is 25.8 Å². The molecule has 0 saturated carbocycles. The molecule has 6 heteroatoms. The molecule has 0 heterocycles. The lowest BCUT2D eigenvalue weighted by Gasteiger charge is -2.10. The summed E-state index contributed by atoms with van der Waals surface area (Å²) in [5, 5.41) is 13.1. The van der Waals surface area contributed by atoms with Crippen molar-refractivity contribution < 1.29 is 9.72 Å². The number of amides is 1. The highest BCUT2D eigenvalue weighted by molar-refractivity contribution is 5.94. The number of carbonyl (C=O) groups is 1. The van der Waals surface area contributed by atoms with Crippen LogP contribution in [0.1, 0.15) is 19.8 Å². The standard InChI is InChI=1S/C11H15N3O3/c1-2-4-10(12)11(15)13-8-5-3-6-9(7-8)14(16)17/h3,5-7,10H,2,4,12H2,1H3,(H,13,15)/t10-/m1/s1. The first-order chi connectivity index (χ1) is 8.04. The zero-order chi connectivity index (χ0) is 12.8. The van der Waals surface area contributed by atoms with E-state index in [0.29, 0.717) is 12.1 Å². The van der Waals surface area contributed by atoms with Crippen molar-refractivity contribution in [1.82, 2.24) is 0 Å². The van der Waals surface area contributed by atoms with E-state index >= 15 is 0 Å². The maximum Gasteiger partial charge on any atom is 0.271 e. The van der Waals surface area contributed by atoms with Crippen LogP contribution in [0, 0.1) is 10.1 Å². The summed E-state index contributed by atoms with van der Waals surface area (Å²) in [4.78, 5) is 21.6. The van der Waals surface area contributed by atoms with E-state index in [4.69, 9.17) is 5.73 Å². The number of non-ortho nitro benzene ring substituents is 1. The average molecular weight is 237 g/mol. The van der Waals surface area contributed by atoms with Gasteiger partial charge in [-0.15, -0.1) is 0 Å². The Morgan fingerprint density at radius 1 is 1.59 bits per heavy atom. The van der Waals surface area contributed by atoms with Crippen LogP contribution in [0.5, 0.6) is 0 Å². The number of hydrogen-bond acceptors (Lipinski definition) is 4. The van der Waals surface area contributed by atoms with Gasteiger partial charge in [-0.25, -0.2) is 0 Å². The maximum absolute atomic E-state index is 11.6. The van der Waals surface area contributed by atoms with Crippen molar-refractivity contribution in [3.05, 3.63) is 34.4 Å². The van der Waals surface area contributed by atoms with Gasteiger partial charge in [0.1, 0.15) is 0 Å². The summed E-state index contributed by atoms with van der Waals surface area (Å²) in [6.45, 7) is 1.93. The van der Waals surface area contributed by atoms with Crippen LogP contribution in [0.3, 0.4) is 0 Å². The number of nitrogens with zero attached hydrogens (tertiary/aromatic N) is 1. The summed E-state index contributed by atoms with van der Waals surface area (Å²) >= 11 is 0. The van der Waals surface area contributed by atoms with Crippen LogP contribution in [-0.4, -0.2) is 16.9 Å². The zero-order valence-electron chi connectivity index (χ0n) is 9.55. The summed E-state index contributed by atoms with van der Waals surface area (Å²) in [6, 6.07) is 5.18. The number of anilines is 1. The first-order valence-corrected chi connectivity index (χ1v) is 5.35. The summed E-state index contributed by atoms with van der Waals surface area (Å²) < 4.78 is 0. The molecule has 0 bridgehead atoms. The highest BCUT2D eigenvalue weighted by Gasteiger charge is 2.13. The number of nitro benzene ring substituents is 1. The molecule has 1 rings (SSSR count). The van der Waals surface area contributed by atoms with Crippen molar-refractivity contribution in [3.63, 3.8) is 0 Å². The van der Waals surface area contributed by atoms with Crippen molar-refractivity contribution >= 4 is 17.3 Å². The second-order valence-corrected chi connectivity index (χ2v) is 3.69. The molecular formula is C11H15N3O3. The second kappa shape index (κ2) is 5.95. The van der Waals surface area contributed by atoms with Crippen molar-refractivity contribution in [3.8, 4) is 0 Å². The van der Waals surface area contributed by atoms with Crippen molar-refractivity contribution in [2.24, 2.45) is 5.73 Å². The van der Waals surface area contributed by atoms with Crippen LogP contribution >= 0.6 is 0 Å². The number of benzene rings is 1. The molecule has 0 saturated heterocycles. The molecule has 0 aromatic heterocycles. The van der Waals surface area contributed by atoms with Gasteiger partial charge in [0, 0.05) is 17.8 Å². The van der Waals surface area contributed by atoms with E-state index in [9.17, 15) is 14.9 Å². The Bertz CT molecular complexity index is 420. The van der Waals surface area contributed by atoms with Crippen molar-refractivity contribution in [1.29, 1.82) is 0 Å². The average Bonchev–Trinajstić information content (AvgIpc) is 2.29. The van der Waals surface area contributed by atoms with E-state index in [1.807, 2.05) is 6.92 Å². The largest absolute Gasteiger partial charge is 0.324 e. The Morgan fingerprint density at radius 2 is 2.29 bits per heavy atom. The number of nitrogens with one attached hydrogen (secondary N) is 1. The second-order valence-electron chi connectivity index (χ2n) is 3.69. The molecule has 0 fully saturated rings. The molecule has 0 radical (unpaired) electrons. The third kappa shape index (κ3) is 3.84. The fourth-order valence-electron chi connectivity index (χ4n) is 1.37. The van der Waals surface area contributed by atoms with Crippen molar-refractivity contribution in [2.75, 3.05) is 5.32 Å². The number of nitro groups is 1. The predicted octanol–water partition coefficient (Wildman–Crippen LogP) is 1.66. The monoisotopic (exact) mass is 237 g/mol. The number of hydrogen-bond donors (Lipinski definition) is 2. The normalized spacial score (nSPS) is 11.9. The summed E-state index contributed by atoms with van der Waals surface area (Å²) in [5.74, 6) is -0.327. The van der Waals surface area contributed by atoms with Gasteiger partial charge in [-0.1, -0.05) is 19.4 Å². The minimum atomic E-state index is -0.584. The van der Waals surface area contributed by atoms with E-state index < -0.39 is 11.0 Å². The van der Waals surface area contributed by atoms with Gasteiger partial charge in [0.05, 0.1) is 11.0 Å². The lowest BCUT2D eigenvalue weighted by Crippen LogP contribution is -2.35. The van der Waals surface area contributed by atoms with Gasteiger partial charge in [0.2, 0.25) is 5.91 Å². The van der Waals surface area contributed by atoms with E-state index in [-0.39, 0.29) is 11.6 Å². The quantitative estimate of drug-likeness (QED) is 0.601. The third-order valence-corrected chi connectivity index (χ3v) is 2.26. The Labute approximate surface area is 99.0 Å². The van der Waals surface area contributed by atoms with E-state index in [0.717, 1.165) is 6.42 Å². The molecule has 92 valence electrons. The fraction of sp³-hybridized carbons (Fsp3) is 0.364. The van der Waals surface area contributed by atoms with E-state index in [2.05, 4.69) is 5.32 Å². The van der Waals surface area contributed by atoms with E-state index in [1.165, 1.54) is 18.2 Å². The van der Waals surface area contributed by atoms with Crippen LogP contribution in [0.4, 0.5) is 11.4 Å². The Kier molecular flexibility index (Phi) is 4.59. The number of carbonyl (C=O) groups excluding carboxylic acids is 1. The first kappa shape index (κ1) is 13.1. The maximum atomic E-state index is 11.6. The van der Waals surface area contributed by atoms with Gasteiger partial charge in [-0.2, -0.15) is 0 Å². The molecule has 0 aliphatic rings. The van der Waals surface area contributed by atoms with E-state index in [1.54, 1.807) is 6.07 Å². The van der Waals surface area contributed by atoms with Crippen LogP contribution in [0.15, 0.2) is 24.3 Å². The third-order valence-electron chi connectivity index (χ3n) is 2.26. The van der Waals surface area contributed by atoms with Gasteiger partial charge >= 0.3 is 0 Å². The minimum absolute atomic E-state index is 0.0631. The molecule has 1 atom stereocenters.